The quantitative estimate of drug-likeness (QED) is 0.883. The van der Waals surface area contributed by atoms with Gasteiger partial charge in [-0.3, -0.25) is 14.7 Å². The molecule has 7 nitrogen and oxygen atoms in total. The highest BCUT2D eigenvalue weighted by molar-refractivity contribution is 5.90. The molecule has 1 atom stereocenters. The van der Waals surface area contributed by atoms with Crippen LogP contribution in [0, 0.1) is 0 Å². The number of amides is 2. The van der Waals surface area contributed by atoms with Crippen LogP contribution in [-0.2, 0) is 11.3 Å². The van der Waals surface area contributed by atoms with E-state index < -0.39 is 5.91 Å². The van der Waals surface area contributed by atoms with Crippen molar-refractivity contribution in [3.8, 4) is 0 Å². The number of hydrogen-bond donors (Lipinski definition) is 2. The van der Waals surface area contributed by atoms with E-state index in [1.807, 2.05) is 34.0 Å². The van der Waals surface area contributed by atoms with E-state index in [0.29, 0.717) is 6.54 Å². The van der Waals surface area contributed by atoms with Crippen molar-refractivity contribution in [2.24, 2.45) is 5.73 Å². The van der Waals surface area contributed by atoms with Crippen LogP contribution in [0.5, 0.6) is 0 Å². The molecule has 0 aliphatic carbocycles. The van der Waals surface area contributed by atoms with Gasteiger partial charge in [-0.15, -0.1) is 0 Å². The lowest BCUT2D eigenvalue weighted by molar-refractivity contribution is -0.135. The number of likely N-dealkylation sites (tertiary alicyclic amines) is 1. The Balaban J connectivity index is 1.78. The summed E-state index contributed by atoms with van der Waals surface area (Å²) in [5.74, 6) is -0.500. The summed E-state index contributed by atoms with van der Waals surface area (Å²) < 4.78 is 1.86. The molecular weight excluding hydrogens is 282 g/mol. The van der Waals surface area contributed by atoms with Crippen molar-refractivity contribution >= 4 is 11.8 Å². The maximum Gasteiger partial charge on any atom is 0.269 e. The highest BCUT2D eigenvalue weighted by Crippen LogP contribution is 2.30. The van der Waals surface area contributed by atoms with Crippen molar-refractivity contribution in [2.45, 2.75) is 31.8 Å². The molecule has 2 aromatic rings. The molecule has 2 amide bonds. The number of H-pyrrole nitrogens is 1. The van der Waals surface area contributed by atoms with Crippen molar-refractivity contribution in [1.29, 1.82) is 0 Å². The van der Waals surface area contributed by atoms with Crippen LogP contribution in [0.2, 0.25) is 0 Å². The number of carbonyl (C=O) groups excluding carboxylic acids is 2. The summed E-state index contributed by atoms with van der Waals surface area (Å²) in [6.07, 6.45) is 6.64. The second-order valence-electron chi connectivity index (χ2n) is 5.53. The Hall–Kier alpha value is -2.57. The smallest absolute Gasteiger partial charge is 0.269 e. The number of aromatic amines is 1. The standard InChI is InChI=1S/C15H19N5O2/c16-15(22)12-9-11(17-18-12)13-5-1-2-8-20(13)14(21)10-19-6-3-4-7-19/h3-4,6-7,9,13H,1-2,5,8,10H2,(H2,16,22)(H,17,18). The predicted molar refractivity (Wildman–Crippen MR) is 79.8 cm³/mol. The molecular formula is C15H19N5O2. The summed E-state index contributed by atoms with van der Waals surface area (Å²) in [6, 6.07) is 5.37. The highest BCUT2D eigenvalue weighted by Gasteiger charge is 2.29. The molecule has 1 aliphatic heterocycles. The fourth-order valence-electron chi connectivity index (χ4n) is 2.91. The summed E-state index contributed by atoms with van der Waals surface area (Å²) in [7, 11) is 0. The lowest BCUT2D eigenvalue weighted by Crippen LogP contribution is -2.40. The van der Waals surface area contributed by atoms with Gasteiger partial charge in [-0.1, -0.05) is 0 Å². The summed E-state index contributed by atoms with van der Waals surface area (Å²) >= 11 is 0. The number of rotatable bonds is 4. The van der Waals surface area contributed by atoms with Gasteiger partial charge in [-0.25, -0.2) is 0 Å². The first-order valence-corrected chi connectivity index (χ1v) is 7.40. The topological polar surface area (TPSA) is 97.0 Å². The first-order chi connectivity index (χ1) is 10.6. The molecule has 1 aliphatic rings. The molecule has 116 valence electrons. The minimum Gasteiger partial charge on any atom is -0.364 e. The van der Waals surface area contributed by atoms with E-state index in [0.717, 1.165) is 31.5 Å². The maximum absolute atomic E-state index is 12.6. The molecule has 1 saturated heterocycles. The summed E-state index contributed by atoms with van der Waals surface area (Å²) in [4.78, 5) is 25.6. The van der Waals surface area contributed by atoms with Crippen molar-refractivity contribution in [2.75, 3.05) is 6.54 Å². The van der Waals surface area contributed by atoms with Gasteiger partial charge in [0.05, 0.1) is 11.7 Å². The van der Waals surface area contributed by atoms with Crippen LogP contribution in [0.3, 0.4) is 0 Å². The normalized spacial score (nSPS) is 18.4. The Kier molecular flexibility index (Phi) is 3.95. The molecule has 0 spiro atoms. The third-order valence-corrected chi connectivity index (χ3v) is 4.02. The van der Waals surface area contributed by atoms with Crippen molar-refractivity contribution in [1.82, 2.24) is 19.7 Å². The zero-order valence-corrected chi connectivity index (χ0v) is 12.2. The van der Waals surface area contributed by atoms with E-state index in [-0.39, 0.29) is 17.6 Å². The minimum absolute atomic E-state index is 0.0659. The summed E-state index contributed by atoms with van der Waals surface area (Å²) in [5.41, 5.74) is 6.22. The van der Waals surface area contributed by atoms with Crippen molar-refractivity contribution in [3.63, 3.8) is 0 Å². The number of primary amides is 1. The molecule has 2 aromatic heterocycles. The predicted octanol–water partition coefficient (Wildman–Crippen LogP) is 1.06. The van der Waals surface area contributed by atoms with Gasteiger partial charge >= 0.3 is 0 Å². The second-order valence-corrected chi connectivity index (χ2v) is 5.53. The van der Waals surface area contributed by atoms with E-state index in [2.05, 4.69) is 10.2 Å². The van der Waals surface area contributed by atoms with Crippen molar-refractivity contribution in [3.05, 3.63) is 42.0 Å². The number of piperidine rings is 1. The molecule has 22 heavy (non-hydrogen) atoms. The zero-order chi connectivity index (χ0) is 15.5. The van der Waals surface area contributed by atoms with Crippen molar-refractivity contribution < 1.29 is 9.59 Å². The maximum atomic E-state index is 12.6. The SMILES string of the molecule is NC(=O)c1cc(C2CCCCN2C(=O)Cn2cccc2)[nH]n1. The zero-order valence-electron chi connectivity index (χ0n) is 12.2. The van der Waals surface area contributed by atoms with Gasteiger partial charge in [0.15, 0.2) is 0 Å². The van der Waals surface area contributed by atoms with Gasteiger partial charge in [-0.05, 0) is 37.5 Å². The lowest BCUT2D eigenvalue weighted by atomic mass is 9.99. The average Bonchev–Trinajstić information content (AvgIpc) is 3.18. The van der Waals surface area contributed by atoms with E-state index in [1.54, 1.807) is 6.07 Å². The average molecular weight is 301 g/mol. The number of carbonyl (C=O) groups is 2. The number of aromatic nitrogens is 3. The van der Waals surface area contributed by atoms with Gasteiger partial charge in [0.25, 0.3) is 5.91 Å². The number of hydrogen-bond acceptors (Lipinski definition) is 3. The van der Waals surface area contributed by atoms with Gasteiger partial charge < -0.3 is 15.2 Å². The molecule has 7 heteroatoms. The second kappa shape index (κ2) is 6.05. The lowest BCUT2D eigenvalue weighted by Gasteiger charge is -2.35. The molecule has 0 radical (unpaired) electrons. The summed E-state index contributed by atoms with van der Waals surface area (Å²) in [6.45, 7) is 1.04. The van der Waals surface area contributed by atoms with E-state index in [1.165, 1.54) is 0 Å². The largest absolute Gasteiger partial charge is 0.364 e. The van der Waals surface area contributed by atoms with Gasteiger partial charge in [0.1, 0.15) is 12.2 Å². The fraction of sp³-hybridized carbons (Fsp3) is 0.400. The molecule has 3 heterocycles. The molecule has 1 unspecified atom stereocenters. The van der Waals surface area contributed by atoms with Crippen LogP contribution < -0.4 is 5.73 Å². The Morgan fingerprint density at radius 2 is 2.09 bits per heavy atom. The molecule has 3 rings (SSSR count). The summed E-state index contributed by atoms with van der Waals surface area (Å²) in [5, 5.41) is 6.77. The number of nitrogens with two attached hydrogens (primary N) is 1. The van der Waals surface area contributed by atoms with Crippen LogP contribution >= 0.6 is 0 Å². The Bertz CT molecular complexity index is 661. The van der Waals surface area contributed by atoms with Gasteiger partial charge in [0, 0.05) is 18.9 Å². The van der Waals surface area contributed by atoms with Crippen LogP contribution in [-0.4, -0.2) is 38.0 Å². The van der Waals surface area contributed by atoms with Crippen LogP contribution in [0.1, 0.15) is 41.5 Å². The Morgan fingerprint density at radius 1 is 1.32 bits per heavy atom. The number of nitrogens with zero attached hydrogens (tertiary/aromatic N) is 3. The molecule has 0 saturated carbocycles. The molecule has 0 bridgehead atoms. The van der Waals surface area contributed by atoms with E-state index in [4.69, 9.17) is 5.73 Å². The third kappa shape index (κ3) is 2.88. The number of nitrogens with one attached hydrogen (secondary N) is 1. The first kappa shape index (κ1) is 14.4. The minimum atomic E-state index is -0.566. The van der Waals surface area contributed by atoms with Crippen LogP contribution in [0.15, 0.2) is 30.6 Å². The fourth-order valence-corrected chi connectivity index (χ4v) is 2.91. The molecule has 1 fully saturated rings. The highest BCUT2D eigenvalue weighted by atomic mass is 16.2. The Morgan fingerprint density at radius 3 is 2.77 bits per heavy atom. The van der Waals surface area contributed by atoms with Gasteiger partial charge in [-0.2, -0.15) is 5.10 Å². The third-order valence-electron chi connectivity index (χ3n) is 4.02. The first-order valence-electron chi connectivity index (χ1n) is 7.40. The van der Waals surface area contributed by atoms with E-state index in [9.17, 15) is 9.59 Å². The van der Waals surface area contributed by atoms with E-state index >= 15 is 0 Å². The molecule has 0 aromatic carbocycles. The van der Waals surface area contributed by atoms with Crippen LogP contribution in [0.4, 0.5) is 0 Å². The monoisotopic (exact) mass is 301 g/mol. The molecule has 3 N–H and O–H groups in total. The van der Waals surface area contributed by atoms with Gasteiger partial charge in [0.2, 0.25) is 5.91 Å². The Labute approximate surface area is 128 Å². The van der Waals surface area contributed by atoms with Crippen LogP contribution in [0.25, 0.3) is 0 Å².